The van der Waals surface area contributed by atoms with E-state index in [0.717, 1.165) is 30.5 Å². The number of amides is 3. The van der Waals surface area contributed by atoms with Crippen LogP contribution in [0.1, 0.15) is 24.0 Å². The van der Waals surface area contributed by atoms with Crippen molar-refractivity contribution in [3.05, 3.63) is 65.7 Å². The van der Waals surface area contributed by atoms with Gasteiger partial charge in [-0.3, -0.25) is 19.3 Å². The van der Waals surface area contributed by atoms with Crippen LogP contribution in [0.15, 0.2) is 54.6 Å². The SMILES string of the molecule is NC(=O)C1CCCN1Cc1ccccc1NC(=O)CNC(=O)Cc1ccccc1. The van der Waals surface area contributed by atoms with E-state index in [1.165, 1.54) is 0 Å². The Morgan fingerprint density at radius 3 is 2.48 bits per heavy atom. The van der Waals surface area contributed by atoms with Gasteiger partial charge in [0, 0.05) is 12.2 Å². The number of nitrogens with one attached hydrogen (secondary N) is 2. The summed E-state index contributed by atoms with van der Waals surface area (Å²) in [7, 11) is 0. The average Bonchev–Trinajstić information content (AvgIpc) is 3.17. The van der Waals surface area contributed by atoms with Crippen LogP contribution < -0.4 is 16.4 Å². The molecule has 152 valence electrons. The minimum absolute atomic E-state index is 0.104. The fourth-order valence-corrected chi connectivity index (χ4v) is 3.55. The molecule has 2 aromatic rings. The number of hydrogen-bond donors (Lipinski definition) is 3. The summed E-state index contributed by atoms with van der Waals surface area (Å²) in [4.78, 5) is 38.0. The van der Waals surface area contributed by atoms with Crippen molar-refractivity contribution in [1.82, 2.24) is 10.2 Å². The van der Waals surface area contributed by atoms with Crippen molar-refractivity contribution >= 4 is 23.4 Å². The lowest BCUT2D eigenvalue weighted by molar-refractivity contribution is -0.123. The third-order valence-corrected chi connectivity index (χ3v) is 5.01. The minimum atomic E-state index is -0.315. The van der Waals surface area contributed by atoms with Crippen LogP contribution in [0.5, 0.6) is 0 Å². The maximum absolute atomic E-state index is 12.3. The molecule has 1 atom stereocenters. The molecule has 7 heteroatoms. The number of likely N-dealkylation sites (tertiary alicyclic amines) is 1. The van der Waals surface area contributed by atoms with Crippen molar-refractivity contribution in [1.29, 1.82) is 0 Å². The van der Waals surface area contributed by atoms with Gasteiger partial charge < -0.3 is 16.4 Å². The molecule has 1 heterocycles. The van der Waals surface area contributed by atoms with Crippen molar-refractivity contribution in [2.24, 2.45) is 5.73 Å². The molecule has 1 saturated heterocycles. The molecule has 29 heavy (non-hydrogen) atoms. The first-order chi connectivity index (χ1) is 14.0. The number of rotatable bonds is 8. The highest BCUT2D eigenvalue weighted by molar-refractivity contribution is 5.95. The molecule has 3 rings (SSSR count). The standard InChI is InChI=1S/C22H26N4O3/c23-22(29)19-11-6-12-26(19)15-17-9-4-5-10-18(17)25-21(28)14-24-20(27)13-16-7-2-1-3-8-16/h1-5,7-10,19H,6,11-15H2,(H2,23,29)(H,24,27)(H,25,28). The second kappa shape index (κ2) is 9.84. The Labute approximate surface area is 170 Å². The Morgan fingerprint density at radius 2 is 1.72 bits per heavy atom. The molecule has 1 fully saturated rings. The van der Waals surface area contributed by atoms with Gasteiger partial charge in [-0.15, -0.1) is 0 Å². The zero-order valence-corrected chi connectivity index (χ0v) is 16.3. The van der Waals surface area contributed by atoms with E-state index >= 15 is 0 Å². The Balaban J connectivity index is 1.54. The second-order valence-electron chi connectivity index (χ2n) is 7.18. The van der Waals surface area contributed by atoms with Gasteiger partial charge in [0.25, 0.3) is 0 Å². The van der Waals surface area contributed by atoms with Crippen molar-refractivity contribution in [2.75, 3.05) is 18.4 Å². The highest BCUT2D eigenvalue weighted by Crippen LogP contribution is 2.23. The van der Waals surface area contributed by atoms with Crippen molar-refractivity contribution < 1.29 is 14.4 Å². The third-order valence-electron chi connectivity index (χ3n) is 5.01. The number of hydrogen-bond acceptors (Lipinski definition) is 4. The molecule has 3 amide bonds. The molecule has 2 aromatic carbocycles. The molecule has 1 unspecified atom stereocenters. The highest BCUT2D eigenvalue weighted by Gasteiger charge is 2.29. The van der Waals surface area contributed by atoms with Crippen LogP contribution in [-0.2, 0) is 27.3 Å². The van der Waals surface area contributed by atoms with Crippen molar-refractivity contribution in [3.63, 3.8) is 0 Å². The van der Waals surface area contributed by atoms with Gasteiger partial charge in [-0.25, -0.2) is 0 Å². The van der Waals surface area contributed by atoms with Gasteiger partial charge in [-0.1, -0.05) is 48.5 Å². The first-order valence-electron chi connectivity index (χ1n) is 9.74. The summed E-state index contributed by atoms with van der Waals surface area (Å²) in [5, 5.41) is 5.49. The largest absolute Gasteiger partial charge is 0.368 e. The van der Waals surface area contributed by atoms with E-state index in [2.05, 4.69) is 10.6 Å². The normalized spacial score (nSPS) is 16.3. The minimum Gasteiger partial charge on any atom is -0.368 e. The molecule has 0 radical (unpaired) electrons. The molecular formula is C22H26N4O3. The fourth-order valence-electron chi connectivity index (χ4n) is 3.55. The number of anilines is 1. The predicted molar refractivity (Wildman–Crippen MR) is 111 cm³/mol. The molecule has 0 bridgehead atoms. The molecule has 1 aliphatic heterocycles. The second-order valence-corrected chi connectivity index (χ2v) is 7.18. The first-order valence-corrected chi connectivity index (χ1v) is 9.74. The average molecular weight is 394 g/mol. The van der Waals surface area contributed by atoms with Crippen LogP contribution >= 0.6 is 0 Å². The number of nitrogens with zero attached hydrogens (tertiary/aromatic N) is 1. The number of carbonyl (C=O) groups excluding carboxylic acids is 3. The van der Waals surface area contributed by atoms with E-state index in [0.29, 0.717) is 12.2 Å². The summed E-state index contributed by atoms with van der Waals surface area (Å²) in [5.74, 6) is -0.821. The lowest BCUT2D eigenvalue weighted by Gasteiger charge is -2.23. The highest BCUT2D eigenvalue weighted by atomic mass is 16.2. The monoisotopic (exact) mass is 394 g/mol. The maximum Gasteiger partial charge on any atom is 0.243 e. The number of para-hydroxylation sites is 1. The Bertz CT molecular complexity index is 869. The van der Waals surface area contributed by atoms with Gasteiger partial charge in [0.05, 0.1) is 19.0 Å². The number of carbonyl (C=O) groups is 3. The number of primary amides is 1. The zero-order valence-electron chi connectivity index (χ0n) is 16.3. The van der Waals surface area contributed by atoms with Crippen LogP contribution in [0.3, 0.4) is 0 Å². The summed E-state index contributed by atoms with van der Waals surface area (Å²) < 4.78 is 0. The first kappa shape index (κ1) is 20.5. The van der Waals surface area contributed by atoms with Crippen molar-refractivity contribution in [2.45, 2.75) is 31.8 Å². The number of nitrogens with two attached hydrogens (primary N) is 1. The quantitative estimate of drug-likeness (QED) is 0.630. The molecule has 0 spiro atoms. The van der Waals surface area contributed by atoms with Crippen LogP contribution in [0.4, 0.5) is 5.69 Å². The van der Waals surface area contributed by atoms with E-state index in [4.69, 9.17) is 5.73 Å². The summed E-state index contributed by atoms with van der Waals surface area (Å²) in [6, 6.07) is 16.6. The Morgan fingerprint density at radius 1 is 1.00 bits per heavy atom. The lowest BCUT2D eigenvalue weighted by atomic mass is 10.1. The molecule has 7 nitrogen and oxygen atoms in total. The lowest BCUT2D eigenvalue weighted by Crippen LogP contribution is -2.40. The van der Waals surface area contributed by atoms with E-state index in [1.807, 2.05) is 59.5 Å². The molecule has 0 aliphatic carbocycles. The summed E-state index contributed by atoms with van der Waals surface area (Å²) in [6.07, 6.45) is 1.92. The van der Waals surface area contributed by atoms with E-state index in [-0.39, 0.29) is 36.7 Å². The summed E-state index contributed by atoms with van der Waals surface area (Å²) in [5.41, 5.74) is 7.97. The van der Waals surface area contributed by atoms with Gasteiger partial charge in [0.1, 0.15) is 0 Å². The summed E-state index contributed by atoms with van der Waals surface area (Å²) >= 11 is 0. The zero-order chi connectivity index (χ0) is 20.6. The maximum atomic E-state index is 12.3. The topological polar surface area (TPSA) is 105 Å². The van der Waals surface area contributed by atoms with Crippen LogP contribution in [0, 0.1) is 0 Å². The van der Waals surface area contributed by atoms with Crippen molar-refractivity contribution in [3.8, 4) is 0 Å². The fraction of sp³-hybridized carbons (Fsp3) is 0.318. The Kier molecular flexibility index (Phi) is 6.97. The van der Waals surface area contributed by atoms with E-state index in [1.54, 1.807) is 0 Å². The van der Waals surface area contributed by atoms with Crippen LogP contribution in [-0.4, -0.2) is 41.8 Å². The molecule has 4 N–H and O–H groups in total. The van der Waals surface area contributed by atoms with Gasteiger partial charge in [-0.2, -0.15) is 0 Å². The Hall–Kier alpha value is -3.19. The number of benzene rings is 2. The predicted octanol–water partition coefficient (Wildman–Crippen LogP) is 1.43. The van der Waals surface area contributed by atoms with Gasteiger partial charge in [0.2, 0.25) is 17.7 Å². The molecular weight excluding hydrogens is 368 g/mol. The van der Waals surface area contributed by atoms with E-state index in [9.17, 15) is 14.4 Å². The molecule has 1 aliphatic rings. The van der Waals surface area contributed by atoms with Gasteiger partial charge in [0.15, 0.2) is 0 Å². The van der Waals surface area contributed by atoms with Gasteiger partial charge >= 0.3 is 0 Å². The van der Waals surface area contributed by atoms with Gasteiger partial charge in [-0.05, 0) is 36.6 Å². The third kappa shape index (κ3) is 5.89. The van der Waals surface area contributed by atoms with E-state index < -0.39 is 0 Å². The van der Waals surface area contributed by atoms with Crippen LogP contribution in [0.2, 0.25) is 0 Å². The van der Waals surface area contributed by atoms with Crippen LogP contribution in [0.25, 0.3) is 0 Å². The molecule has 0 aromatic heterocycles. The molecule has 0 saturated carbocycles. The smallest absolute Gasteiger partial charge is 0.243 e. The summed E-state index contributed by atoms with van der Waals surface area (Å²) in [6.45, 7) is 1.23.